The summed E-state index contributed by atoms with van der Waals surface area (Å²) in [5, 5.41) is 8.35. The second-order valence-corrected chi connectivity index (χ2v) is 2.88. The second-order valence-electron chi connectivity index (χ2n) is 2.88. The molecule has 0 atom stereocenters. The van der Waals surface area contributed by atoms with E-state index in [1.807, 2.05) is 6.07 Å². The first kappa shape index (κ1) is 10.4. The van der Waals surface area contributed by atoms with Gasteiger partial charge < -0.3 is 5.11 Å². The molecule has 0 saturated heterocycles. The monoisotopic (exact) mass is 191 g/mol. The van der Waals surface area contributed by atoms with E-state index in [0.29, 0.717) is 5.56 Å². The molecule has 0 unspecified atom stereocenters. The van der Waals surface area contributed by atoms with Crippen molar-refractivity contribution in [3.63, 3.8) is 0 Å². The minimum atomic E-state index is -0.911. The molecule has 0 aliphatic heterocycles. The molecule has 0 aromatic heterocycles. The Morgan fingerprint density at radius 2 is 1.79 bits per heavy atom. The Hall–Kier alpha value is -1.64. The van der Waals surface area contributed by atoms with Crippen molar-refractivity contribution < 1.29 is 14.7 Å². The van der Waals surface area contributed by atoms with Gasteiger partial charge in [-0.05, 0) is 6.42 Å². The maximum Gasteiger partial charge on any atom is 0.303 e. The molecule has 0 aliphatic rings. The van der Waals surface area contributed by atoms with Crippen LogP contribution in [-0.4, -0.2) is 16.9 Å². The van der Waals surface area contributed by atoms with E-state index in [2.05, 4.69) is 0 Å². The average molecular weight is 191 g/mol. The predicted octanol–water partition coefficient (Wildman–Crippen LogP) is 1.94. The van der Waals surface area contributed by atoms with Crippen LogP contribution in [0.15, 0.2) is 30.3 Å². The van der Waals surface area contributed by atoms with Crippen molar-refractivity contribution in [2.24, 2.45) is 0 Å². The lowest BCUT2D eigenvalue weighted by molar-refractivity contribution is -0.136. The van der Waals surface area contributed by atoms with Gasteiger partial charge in [-0.2, -0.15) is 0 Å². The van der Waals surface area contributed by atoms with Crippen molar-refractivity contribution in [2.45, 2.75) is 12.8 Å². The van der Waals surface area contributed by atoms with Crippen LogP contribution >= 0.6 is 0 Å². The average Bonchev–Trinajstić information content (AvgIpc) is 2.18. The van der Waals surface area contributed by atoms with Crippen molar-refractivity contribution in [3.05, 3.63) is 42.3 Å². The number of hydrogen-bond donors (Lipinski definition) is 1. The van der Waals surface area contributed by atoms with E-state index in [1.54, 1.807) is 24.3 Å². The van der Waals surface area contributed by atoms with Gasteiger partial charge in [0.2, 0.25) is 0 Å². The lowest BCUT2D eigenvalue weighted by Gasteiger charge is -1.98. The fraction of sp³-hybridized carbons (Fsp3) is 0.182. The number of hydrogen-bond acceptors (Lipinski definition) is 2. The Bertz CT molecular complexity index is 317. The fourth-order valence-electron chi connectivity index (χ4n) is 1.07. The smallest absolute Gasteiger partial charge is 0.303 e. The molecule has 0 saturated carbocycles. The van der Waals surface area contributed by atoms with Crippen LogP contribution in [0.2, 0.25) is 0 Å². The zero-order valence-corrected chi connectivity index (χ0v) is 7.64. The SMILES string of the molecule is O=C(O)C[CH]CC(=O)c1ccccc1. The molecule has 0 aliphatic carbocycles. The minimum Gasteiger partial charge on any atom is -0.481 e. The van der Waals surface area contributed by atoms with Crippen LogP contribution in [0.1, 0.15) is 23.2 Å². The first-order valence-electron chi connectivity index (χ1n) is 4.32. The third-order valence-corrected chi connectivity index (χ3v) is 1.74. The van der Waals surface area contributed by atoms with Crippen molar-refractivity contribution in [1.29, 1.82) is 0 Å². The molecular weight excluding hydrogens is 180 g/mol. The van der Waals surface area contributed by atoms with E-state index < -0.39 is 5.97 Å². The molecular formula is C11H11O3. The van der Waals surface area contributed by atoms with E-state index in [0.717, 1.165) is 0 Å². The molecule has 1 rings (SSSR count). The number of rotatable bonds is 5. The highest BCUT2D eigenvalue weighted by Crippen LogP contribution is 2.05. The molecule has 1 aromatic rings. The van der Waals surface area contributed by atoms with Crippen LogP contribution in [0.25, 0.3) is 0 Å². The van der Waals surface area contributed by atoms with Gasteiger partial charge in [-0.1, -0.05) is 30.3 Å². The van der Waals surface area contributed by atoms with Gasteiger partial charge in [-0.25, -0.2) is 0 Å². The first-order valence-corrected chi connectivity index (χ1v) is 4.32. The minimum absolute atomic E-state index is 0.0492. The molecule has 0 spiro atoms. The third-order valence-electron chi connectivity index (χ3n) is 1.74. The van der Waals surface area contributed by atoms with Gasteiger partial charge in [0.15, 0.2) is 5.78 Å². The molecule has 0 amide bonds. The number of benzene rings is 1. The number of carboxylic acids is 1. The van der Waals surface area contributed by atoms with Gasteiger partial charge in [0.05, 0.1) is 0 Å². The highest BCUT2D eigenvalue weighted by molar-refractivity contribution is 5.96. The molecule has 3 heteroatoms. The summed E-state index contributed by atoms with van der Waals surface area (Å²) in [4.78, 5) is 21.6. The summed E-state index contributed by atoms with van der Waals surface area (Å²) >= 11 is 0. The maximum atomic E-state index is 11.4. The van der Waals surface area contributed by atoms with Gasteiger partial charge in [-0.15, -0.1) is 0 Å². The maximum absolute atomic E-state index is 11.4. The zero-order chi connectivity index (χ0) is 10.4. The van der Waals surface area contributed by atoms with Gasteiger partial charge >= 0.3 is 5.97 Å². The van der Waals surface area contributed by atoms with Crippen LogP contribution in [0, 0.1) is 6.42 Å². The zero-order valence-electron chi connectivity index (χ0n) is 7.64. The number of carboxylic acid groups (broad SMARTS) is 1. The summed E-state index contributed by atoms with van der Waals surface area (Å²) in [6.45, 7) is 0. The first-order chi connectivity index (χ1) is 6.70. The Morgan fingerprint density at radius 1 is 1.14 bits per heavy atom. The van der Waals surface area contributed by atoms with Crippen molar-refractivity contribution in [3.8, 4) is 0 Å². The molecule has 14 heavy (non-hydrogen) atoms. The molecule has 73 valence electrons. The molecule has 3 nitrogen and oxygen atoms in total. The van der Waals surface area contributed by atoms with E-state index in [-0.39, 0.29) is 18.6 Å². The Balaban J connectivity index is 2.40. The van der Waals surface area contributed by atoms with E-state index in [4.69, 9.17) is 5.11 Å². The summed E-state index contributed by atoms with van der Waals surface area (Å²) in [7, 11) is 0. The van der Waals surface area contributed by atoms with Gasteiger partial charge in [0.25, 0.3) is 0 Å². The van der Waals surface area contributed by atoms with Crippen LogP contribution in [0.4, 0.5) is 0 Å². The van der Waals surface area contributed by atoms with Gasteiger partial charge in [-0.3, -0.25) is 9.59 Å². The normalized spacial score (nSPS) is 9.71. The Labute approximate surface area is 82.4 Å². The van der Waals surface area contributed by atoms with Crippen LogP contribution in [-0.2, 0) is 4.79 Å². The largest absolute Gasteiger partial charge is 0.481 e. The van der Waals surface area contributed by atoms with Crippen LogP contribution < -0.4 is 0 Å². The molecule has 1 aromatic carbocycles. The summed E-state index contributed by atoms with van der Waals surface area (Å²) in [5.41, 5.74) is 0.620. The van der Waals surface area contributed by atoms with E-state index in [1.165, 1.54) is 6.42 Å². The van der Waals surface area contributed by atoms with Crippen LogP contribution in [0.3, 0.4) is 0 Å². The molecule has 1 radical (unpaired) electrons. The van der Waals surface area contributed by atoms with Crippen molar-refractivity contribution in [2.75, 3.05) is 0 Å². The third kappa shape index (κ3) is 3.39. The number of Topliss-reactive ketones (excluding diaryl/α,β-unsaturated/α-hetero) is 1. The summed E-state index contributed by atoms with van der Waals surface area (Å²) in [6, 6.07) is 8.83. The topological polar surface area (TPSA) is 54.4 Å². The number of aliphatic carboxylic acids is 1. The number of carbonyl (C=O) groups is 2. The quantitative estimate of drug-likeness (QED) is 0.723. The summed E-state index contributed by atoms with van der Waals surface area (Å²) < 4.78 is 0. The van der Waals surface area contributed by atoms with Gasteiger partial charge in [0, 0.05) is 18.4 Å². The Morgan fingerprint density at radius 3 is 2.36 bits per heavy atom. The highest BCUT2D eigenvalue weighted by atomic mass is 16.4. The summed E-state index contributed by atoms with van der Waals surface area (Å²) in [6.07, 6.45) is 1.58. The molecule has 0 fully saturated rings. The van der Waals surface area contributed by atoms with Gasteiger partial charge in [0.1, 0.15) is 0 Å². The summed E-state index contributed by atoms with van der Waals surface area (Å²) in [5.74, 6) is -0.960. The molecule has 0 heterocycles. The molecule has 1 N–H and O–H groups in total. The van der Waals surface area contributed by atoms with E-state index >= 15 is 0 Å². The highest BCUT2D eigenvalue weighted by Gasteiger charge is 2.05. The fourth-order valence-corrected chi connectivity index (χ4v) is 1.07. The predicted molar refractivity (Wildman–Crippen MR) is 51.9 cm³/mol. The van der Waals surface area contributed by atoms with Crippen LogP contribution in [0.5, 0.6) is 0 Å². The van der Waals surface area contributed by atoms with Crippen molar-refractivity contribution in [1.82, 2.24) is 0 Å². The van der Waals surface area contributed by atoms with Crippen molar-refractivity contribution >= 4 is 11.8 Å². The standard InChI is InChI=1S/C11H11O3/c12-10(7-4-8-11(13)14)9-5-2-1-3-6-9/h1-6H,7-8H2,(H,13,14). The second kappa shape index (κ2) is 5.17. The lowest BCUT2D eigenvalue weighted by atomic mass is 10.1. The lowest BCUT2D eigenvalue weighted by Crippen LogP contribution is -2.01. The van der Waals surface area contributed by atoms with E-state index in [9.17, 15) is 9.59 Å². The number of ketones is 1. The Kier molecular flexibility index (Phi) is 3.85. The number of carbonyl (C=O) groups excluding carboxylic acids is 1. The molecule has 0 bridgehead atoms.